The molecule has 1 aromatic carbocycles. The van der Waals surface area contributed by atoms with Gasteiger partial charge in [-0.15, -0.1) is 0 Å². The fourth-order valence-electron chi connectivity index (χ4n) is 2.90. The predicted octanol–water partition coefficient (Wildman–Crippen LogP) is 4.61. The lowest BCUT2D eigenvalue weighted by atomic mass is 10.0. The second-order valence-corrected chi connectivity index (χ2v) is 8.74. The highest BCUT2D eigenvalue weighted by Crippen LogP contribution is 2.34. The molecule has 0 saturated heterocycles. The molecule has 21 heavy (non-hydrogen) atoms. The second-order valence-electron chi connectivity index (χ2n) is 6.21. The molecule has 1 aromatic rings. The molecule has 0 amide bonds. The van der Waals surface area contributed by atoms with Gasteiger partial charge in [-0.3, -0.25) is 0 Å². The standard InChI is InChI=1S/C16H23ClO3S/c1-11(2)14-9-16(21(17,18)19)12(3)8-15(14)20-10-13-6-4-5-7-13/h8-9,11,13H,4-7,10H2,1-3H3. The first-order valence-electron chi connectivity index (χ1n) is 7.51. The molecule has 1 aliphatic carbocycles. The summed E-state index contributed by atoms with van der Waals surface area (Å²) >= 11 is 0. The van der Waals surface area contributed by atoms with Crippen LogP contribution in [0.4, 0.5) is 0 Å². The highest BCUT2D eigenvalue weighted by molar-refractivity contribution is 8.13. The van der Waals surface area contributed by atoms with Crippen LogP contribution in [-0.2, 0) is 9.05 Å². The van der Waals surface area contributed by atoms with Crippen LogP contribution in [0.15, 0.2) is 17.0 Å². The highest BCUT2D eigenvalue weighted by atomic mass is 35.7. The first kappa shape index (κ1) is 16.6. The molecule has 1 aliphatic rings. The number of hydrogen-bond acceptors (Lipinski definition) is 3. The molecule has 0 unspecified atom stereocenters. The Morgan fingerprint density at radius 2 is 1.90 bits per heavy atom. The number of aryl methyl sites for hydroxylation is 1. The Bertz CT molecular complexity index is 602. The van der Waals surface area contributed by atoms with Gasteiger partial charge in [0, 0.05) is 10.7 Å². The van der Waals surface area contributed by atoms with E-state index in [2.05, 4.69) is 0 Å². The summed E-state index contributed by atoms with van der Waals surface area (Å²) in [4.78, 5) is 0.182. The van der Waals surface area contributed by atoms with Crippen LogP contribution in [0.25, 0.3) is 0 Å². The summed E-state index contributed by atoms with van der Waals surface area (Å²) in [7, 11) is 1.78. The van der Waals surface area contributed by atoms with Crippen molar-refractivity contribution in [1.82, 2.24) is 0 Å². The van der Waals surface area contributed by atoms with E-state index in [-0.39, 0.29) is 10.8 Å². The van der Waals surface area contributed by atoms with Crippen LogP contribution >= 0.6 is 10.7 Å². The molecule has 0 spiro atoms. The Kier molecular flexibility index (Phi) is 5.20. The Balaban J connectivity index is 2.29. The van der Waals surface area contributed by atoms with Crippen LogP contribution in [0.2, 0.25) is 0 Å². The zero-order valence-corrected chi connectivity index (χ0v) is 14.4. The van der Waals surface area contributed by atoms with E-state index >= 15 is 0 Å². The lowest BCUT2D eigenvalue weighted by molar-refractivity contribution is 0.249. The summed E-state index contributed by atoms with van der Waals surface area (Å²) in [6, 6.07) is 3.46. The van der Waals surface area contributed by atoms with Crippen molar-refractivity contribution in [2.45, 2.75) is 57.3 Å². The van der Waals surface area contributed by atoms with Gasteiger partial charge in [-0.25, -0.2) is 8.42 Å². The van der Waals surface area contributed by atoms with E-state index < -0.39 is 9.05 Å². The molecule has 1 fully saturated rings. The molecular formula is C16H23ClO3S. The third-order valence-electron chi connectivity index (χ3n) is 4.14. The highest BCUT2D eigenvalue weighted by Gasteiger charge is 2.21. The molecule has 3 nitrogen and oxygen atoms in total. The molecule has 2 rings (SSSR count). The maximum atomic E-state index is 11.6. The maximum absolute atomic E-state index is 11.6. The van der Waals surface area contributed by atoms with E-state index in [1.807, 2.05) is 13.8 Å². The van der Waals surface area contributed by atoms with E-state index in [0.29, 0.717) is 18.1 Å². The van der Waals surface area contributed by atoms with Crippen molar-refractivity contribution in [2.24, 2.45) is 5.92 Å². The number of hydrogen-bond donors (Lipinski definition) is 0. The van der Waals surface area contributed by atoms with Gasteiger partial charge in [-0.1, -0.05) is 26.7 Å². The average molecular weight is 331 g/mol. The Labute approximate surface area is 132 Å². The van der Waals surface area contributed by atoms with Crippen LogP contribution in [0.3, 0.4) is 0 Å². The molecule has 0 radical (unpaired) electrons. The Hall–Kier alpha value is -0.740. The maximum Gasteiger partial charge on any atom is 0.261 e. The smallest absolute Gasteiger partial charge is 0.261 e. The van der Waals surface area contributed by atoms with Crippen molar-refractivity contribution in [3.63, 3.8) is 0 Å². The summed E-state index contributed by atoms with van der Waals surface area (Å²) in [5, 5.41) is 0. The predicted molar refractivity (Wildman–Crippen MR) is 85.8 cm³/mol. The van der Waals surface area contributed by atoms with E-state index in [1.54, 1.807) is 19.1 Å². The lowest BCUT2D eigenvalue weighted by Crippen LogP contribution is -2.10. The molecule has 0 N–H and O–H groups in total. The van der Waals surface area contributed by atoms with Gasteiger partial charge in [0.25, 0.3) is 9.05 Å². The Morgan fingerprint density at radius 1 is 1.29 bits per heavy atom. The monoisotopic (exact) mass is 330 g/mol. The first-order valence-corrected chi connectivity index (χ1v) is 9.82. The van der Waals surface area contributed by atoms with Crippen molar-refractivity contribution in [1.29, 1.82) is 0 Å². The van der Waals surface area contributed by atoms with E-state index in [9.17, 15) is 8.42 Å². The van der Waals surface area contributed by atoms with Crippen molar-refractivity contribution >= 4 is 19.7 Å². The van der Waals surface area contributed by atoms with Gasteiger partial charge < -0.3 is 4.74 Å². The van der Waals surface area contributed by atoms with Gasteiger partial charge in [0.05, 0.1) is 11.5 Å². The first-order chi connectivity index (χ1) is 9.79. The van der Waals surface area contributed by atoms with Crippen molar-refractivity contribution in [3.8, 4) is 5.75 Å². The summed E-state index contributed by atoms with van der Waals surface area (Å²) in [6.07, 6.45) is 5.02. The third kappa shape index (κ3) is 4.13. The average Bonchev–Trinajstić information content (AvgIpc) is 2.87. The second kappa shape index (κ2) is 6.57. The van der Waals surface area contributed by atoms with Crippen LogP contribution in [-0.4, -0.2) is 15.0 Å². The third-order valence-corrected chi connectivity index (χ3v) is 5.61. The van der Waals surface area contributed by atoms with Crippen LogP contribution in [0, 0.1) is 12.8 Å². The summed E-state index contributed by atoms with van der Waals surface area (Å²) in [5.74, 6) is 1.60. The number of benzene rings is 1. The molecule has 1 saturated carbocycles. The minimum atomic E-state index is -3.72. The van der Waals surface area contributed by atoms with Gasteiger partial charge in [-0.2, -0.15) is 0 Å². The van der Waals surface area contributed by atoms with E-state index in [4.69, 9.17) is 15.4 Å². The minimum absolute atomic E-state index is 0.182. The Morgan fingerprint density at radius 3 is 2.43 bits per heavy atom. The van der Waals surface area contributed by atoms with Crippen molar-refractivity contribution in [2.75, 3.05) is 6.61 Å². The van der Waals surface area contributed by atoms with Crippen LogP contribution in [0.5, 0.6) is 5.75 Å². The molecule has 0 aromatic heterocycles. The summed E-state index contributed by atoms with van der Waals surface area (Å²) in [6.45, 7) is 6.52. The molecule has 118 valence electrons. The zero-order chi connectivity index (χ0) is 15.6. The van der Waals surface area contributed by atoms with E-state index in [0.717, 1.165) is 11.3 Å². The van der Waals surface area contributed by atoms with Crippen LogP contribution in [0.1, 0.15) is 56.6 Å². The van der Waals surface area contributed by atoms with E-state index in [1.165, 1.54) is 25.7 Å². The normalized spacial score (nSPS) is 16.6. The topological polar surface area (TPSA) is 43.4 Å². The zero-order valence-electron chi connectivity index (χ0n) is 12.9. The SMILES string of the molecule is Cc1cc(OCC2CCCC2)c(C(C)C)cc1S(=O)(=O)Cl. The van der Waals surface area contributed by atoms with Gasteiger partial charge in [0.15, 0.2) is 0 Å². The molecule has 5 heteroatoms. The summed E-state index contributed by atoms with van der Waals surface area (Å²) in [5.41, 5.74) is 1.54. The van der Waals surface area contributed by atoms with Gasteiger partial charge in [0.2, 0.25) is 0 Å². The molecule has 0 atom stereocenters. The number of halogens is 1. The molecule has 0 bridgehead atoms. The number of rotatable bonds is 5. The fraction of sp³-hybridized carbons (Fsp3) is 0.625. The molecular weight excluding hydrogens is 308 g/mol. The molecule has 0 aliphatic heterocycles. The van der Waals surface area contributed by atoms with Gasteiger partial charge in [0.1, 0.15) is 5.75 Å². The minimum Gasteiger partial charge on any atom is -0.493 e. The number of ether oxygens (including phenoxy) is 1. The fourth-order valence-corrected chi connectivity index (χ4v) is 4.11. The lowest BCUT2D eigenvalue weighted by Gasteiger charge is -2.18. The largest absolute Gasteiger partial charge is 0.493 e. The summed E-state index contributed by atoms with van der Waals surface area (Å²) < 4.78 is 29.3. The van der Waals surface area contributed by atoms with Crippen molar-refractivity contribution < 1.29 is 13.2 Å². The quantitative estimate of drug-likeness (QED) is 0.740. The van der Waals surface area contributed by atoms with Crippen molar-refractivity contribution in [3.05, 3.63) is 23.3 Å². The van der Waals surface area contributed by atoms with Crippen LogP contribution < -0.4 is 4.74 Å². The molecule has 0 heterocycles. The van der Waals surface area contributed by atoms with Gasteiger partial charge >= 0.3 is 0 Å². The van der Waals surface area contributed by atoms with Gasteiger partial charge in [-0.05, 0) is 54.9 Å².